The number of para-hydroxylation sites is 1. The van der Waals surface area contributed by atoms with Crippen LogP contribution in [0.1, 0.15) is 27.3 Å². The number of anilines is 1. The minimum absolute atomic E-state index is 0.0251. The number of halogens is 2. The average molecular weight is 386 g/mol. The molecule has 144 valence electrons. The van der Waals surface area contributed by atoms with Gasteiger partial charge in [0.25, 0.3) is 5.91 Å². The van der Waals surface area contributed by atoms with E-state index in [4.69, 9.17) is 0 Å². The van der Waals surface area contributed by atoms with Crippen molar-refractivity contribution >= 4 is 17.3 Å². The molecular formula is C19H16F2N4O3. The largest absolute Gasteiger partial charge is 0.317 e. The molecule has 0 aliphatic rings. The molecule has 0 saturated heterocycles. The number of carbonyl (C=O) groups is 1. The zero-order chi connectivity index (χ0) is 20.4. The van der Waals surface area contributed by atoms with E-state index in [-0.39, 0.29) is 17.8 Å². The third kappa shape index (κ3) is 3.73. The number of amides is 1. The van der Waals surface area contributed by atoms with Crippen molar-refractivity contribution in [3.05, 3.63) is 86.7 Å². The van der Waals surface area contributed by atoms with E-state index in [1.807, 2.05) is 0 Å². The highest BCUT2D eigenvalue weighted by molar-refractivity contribution is 6.04. The summed E-state index contributed by atoms with van der Waals surface area (Å²) in [5.74, 6) is -2.38. The highest BCUT2D eigenvalue weighted by Crippen LogP contribution is 2.23. The van der Waals surface area contributed by atoms with Gasteiger partial charge in [0.2, 0.25) is 0 Å². The number of benzene rings is 2. The van der Waals surface area contributed by atoms with Crippen molar-refractivity contribution in [2.75, 3.05) is 5.32 Å². The van der Waals surface area contributed by atoms with Gasteiger partial charge in [-0.1, -0.05) is 18.2 Å². The molecule has 0 unspecified atom stereocenters. The monoisotopic (exact) mass is 386 g/mol. The molecule has 1 aromatic heterocycles. The van der Waals surface area contributed by atoms with Gasteiger partial charge >= 0.3 is 5.69 Å². The third-order valence-electron chi connectivity index (χ3n) is 4.28. The maximum Gasteiger partial charge on any atom is 0.312 e. The Hall–Kier alpha value is -3.62. The minimum atomic E-state index is -0.865. The summed E-state index contributed by atoms with van der Waals surface area (Å²) < 4.78 is 28.8. The number of aryl methyl sites for hydroxylation is 1. The molecule has 0 bridgehead atoms. The summed E-state index contributed by atoms with van der Waals surface area (Å²) in [5.41, 5.74) is 1.19. The van der Waals surface area contributed by atoms with Crippen LogP contribution in [-0.2, 0) is 6.54 Å². The predicted octanol–water partition coefficient (Wildman–Crippen LogP) is 3.99. The Morgan fingerprint density at radius 2 is 1.75 bits per heavy atom. The van der Waals surface area contributed by atoms with Gasteiger partial charge in [-0.3, -0.25) is 19.6 Å². The summed E-state index contributed by atoms with van der Waals surface area (Å²) in [6, 6.07) is 9.61. The molecule has 3 aromatic rings. The van der Waals surface area contributed by atoms with E-state index in [0.717, 1.165) is 17.7 Å². The Morgan fingerprint density at radius 1 is 1.14 bits per heavy atom. The average Bonchev–Trinajstić information content (AvgIpc) is 2.92. The summed E-state index contributed by atoms with van der Waals surface area (Å²) >= 11 is 0. The molecular weight excluding hydrogens is 370 g/mol. The Labute approximate surface area is 158 Å². The molecule has 0 saturated carbocycles. The zero-order valence-corrected chi connectivity index (χ0v) is 15.1. The van der Waals surface area contributed by atoms with Crippen molar-refractivity contribution in [1.29, 1.82) is 0 Å². The van der Waals surface area contributed by atoms with Gasteiger partial charge in [0.15, 0.2) is 0 Å². The Balaban J connectivity index is 1.76. The van der Waals surface area contributed by atoms with Crippen molar-refractivity contribution in [3.63, 3.8) is 0 Å². The van der Waals surface area contributed by atoms with Crippen LogP contribution in [0.15, 0.2) is 42.5 Å². The lowest BCUT2D eigenvalue weighted by Crippen LogP contribution is -2.14. The summed E-state index contributed by atoms with van der Waals surface area (Å²) in [5, 5.41) is 17.5. The van der Waals surface area contributed by atoms with Crippen molar-refractivity contribution in [1.82, 2.24) is 9.78 Å². The highest BCUT2D eigenvalue weighted by Gasteiger charge is 2.21. The van der Waals surface area contributed by atoms with E-state index in [9.17, 15) is 23.7 Å². The molecule has 2 aromatic carbocycles. The minimum Gasteiger partial charge on any atom is -0.317 e. The number of nitro groups is 1. The van der Waals surface area contributed by atoms with Crippen LogP contribution in [0.3, 0.4) is 0 Å². The normalized spacial score (nSPS) is 10.7. The van der Waals surface area contributed by atoms with Gasteiger partial charge in [0.1, 0.15) is 28.7 Å². The van der Waals surface area contributed by atoms with Crippen LogP contribution < -0.4 is 5.32 Å². The first kappa shape index (κ1) is 19.2. The number of rotatable bonds is 5. The number of aromatic nitrogens is 2. The summed E-state index contributed by atoms with van der Waals surface area (Å²) in [6.45, 7) is 3.46. The molecule has 0 fully saturated rings. The molecule has 7 nitrogen and oxygen atoms in total. The molecule has 0 spiro atoms. The maximum atomic E-state index is 13.6. The first-order valence-corrected chi connectivity index (χ1v) is 8.30. The third-order valence-corrected chi connectivity index (χ3v) is 4.28. The second-order valence-corrected chi connectivity index (χ2v) is 6.18. The van der Waals surface area contributed by atoms with Crippen LogP contribution in [-0.4, -0.2) is 20.6 Å². The van der Waals surface area contributed by atoms with E-state index in [0.29, 0.717) is 11.4 Å². The van der Waals surface area contributed by atoms with Crippen LogP contribution in [0.25, 0.3) is 0 Å². The predicted molar refractivity (Wildman–Crippen MR) is 98.2 cm³/mol. The van der Waals surface area contributed by atoms with Crippen molar-refractivity contribution in [3.8, 4) is 0 Å². The number of hydrogen-bond donors (Lipinski definition) is 1. The smallest absolute Gasteiger partial charge is 0.312 e. The van der Waals surface area contributed by atoms with Crippen molar-refractivity contribution in [2.24, 2.45) is 0 Å². The van der Waals surface area contributed by atoms with Gasteiger partial charge in [0, 0.05) is 5.56 Å². The standard InChI is InChI=1S/C19H16F2N4O3/c1-11-18(25(27)28)12(2)24(23-11)10-13-6-8-14(9-7-13)19(26)22-17-15(20)4-3-5-16(17)21/h3-9H,10H2,1-2H3,(H,22,26). The van der Waals surface area contributed by atoms with Crippen LogP contribution in [0.5, 0.6) is 0 Å². The Bertz CT molecular complexity index is 1040. The lowest BCUT2D eigenvalue weighted by atomic mass is 10.1. The van der Waals surface area contributed by atoms with Crippen LogP contribution in [0.4, 0.5) is 20.2 Å². The van der Waals surface area contributed by atoms with E-state index in [1.54, 1.807) is 26.0 Å². The summed E-state index contributed by atoms with van der Waals surface area (Å²) in [6.07, 6.45) is 0. The number of carbonyl (C=O) groups excluding carboxylic acids is 1. The molecule has 1 amide bonds. The molecule has 1 heterocycles. The maximum absolute atomic E-state index is 13.6. The van der Waals surface area contributed by atoms with Crippen LogP contribution >= 0.6 is 0 Å². The fourth-order valence-electron chi connectivity index (χ4n) is 2.84. The van der Waals surface area contributed by atoms with E-state index < -0.39 is 28.2 Å². The molecule has 3 rings (SSSR count). The van der Waals surface area contributed by atoms with Gasteiger partial charge < -0.3 is 5.32 Å². The summed E-state index contributed by atoms with van der Waals surface area (Å²) in [7, 11) is 0. The Morgan fingerprint density at radius 3 is 2.29 bits per heavy atom. The van der Waals surface area contributed by atoms with Crippen molar-refractivity contribution < 1.29 is 18.5 Å². The lowest BCUT2D eigenvalue weighted by molar-refractivity contribution is -0.386. The van der Waals surface area contributed by atoms with Crippen molar-refractivity contribution in [2.45, 2.75) is 20.4 Å². The summed E-state index contributed by atoms with van der Waals surface area (Å²) in [4.78, 5) is 22.8. The molecule has 9 heteroatoms. The van der Waals surface area contributed by atoms with Crippen LogP contribution in [0.2, 0.25) is 0 Å². The quantitative estimate of drug-likeness (QED) is 0.530. The van der Waals surface area contributed by atoms with E-state index in [2.05, 4.69) is 10.4 Å². The second kappa shape index (κ2) is 7.55. The van der Waals surface area contributed by atoms with Gasteiger partial charge in [0.05, 0.1) is 11.5 Å². The fourth-order valence-corrected chi connectivity index (χ4v) is 2.84. The molecule has 1 N–H and O–H groups in total. The number of nitrogens with one attached hydrogen (secondary N) is 1. The number of nitrogens with zero attached hydrogens (tertiary/aromatic N) is 3. The fraction of sp³-hybridized carbons (Fsp3) is 0.158. The molecule has 0 radical (unpaired) electrons. The first-order chi connectivity index (χ1) is 13.3. The topological polar surface area (TPSA) is 90.1 Å². The molecule has 28 heavy (non-hydrogen) atoms. The second-order valence-electron chi connectivity index (χ2n) is 6.18. The van der Waals surface area contributed by atoms with Crippen LogP contribution in [0, 0.1) is 35.6 Å². The Kier molecular flexibility index (Phi) is 5.16. The van der Waals surface area contributed by atoms with Gasteiger partial charge in [-0.25, -0.2) is 8.78 Å². The first-order valence-electron chi connectivity index (χ1n) is 8.30. The zero-order valence-electron chi connectivity index (χ0n) is 15.1. The van der Waals surface area contributed by atoms with E-state index in [1.165, 1.54) is 22.9 Å². The molecule has 0 aliphatic carbocycles. The molecule has 0 aliphatic heterocycles. The molecule has 0 atom stereocenters. The van der Waals surface area contributed by atoms with Gasteiger partial charge in [-0.05, 0) is 43.7 Å². The van der Waals surface area contributed by atoms with E-state index >= 15 is 0 Å². The number of hydrogen-bond acceptors (Lipinski definition) is 4. The van der Waals surface area contributed by atoms with Gasteiger partial charge in [-0.2, -0.15) is 5.10 Å². The van der Waals surface area contributed by atoms with Gasteiger partial charge in [-0.15, -0.1) is 0 Å². The highest BCUT2D eigenvalue weighted by atomic mass is 19.1. The SMILES string of the molecule is Cc1nn(Cc2ccc(C(=O)Nc3c(F)cccc3F)cc2)c(C)c1[N+](=O)[O-]. The lowest BCUT2D eigenvalue weighted by Gasteiger charge is -2.09.